The van der Waals surface area contributed by atoms with Crippen molar-refractivity contribution in [2.45, 2.75) is 84.0 Å². The minimum absolute atomic E-state index is 0.745. The molecule has 2 aromatic carbocycles. The summed E-state index contributed by atoms with van der Waals surface area (Å²) in [5.74, 6) is 9.23. The van der Waals surface area contributed by atoms with Gasteiger partial charge in [0.05, 0.1) is 6.61 Å². The molecule has 3 rings (SSSR count). The highest BCUT2D eigenvalue weighted by Crippen LogP contribution is 2.37. The summed E-state index contributed by atoms with van der Waals surface area (Å²) in [6.07, 6.45) is 13.4. The number of benzene rings is 2. The van der Waals surface area contributed by atoms with Crippen molar-refractivity contribution in [2.75, 3.05) is 6.61 Å². The lowest BCUT2D eigenvalue weighted by molar-refractivity contribution is 0.303. The first kappa shape index (κ1) is 22.5. The molecule has 1 aliphatic carbocycles. The van der Waals surface area contributed by atoms with Gasteiger partial charge >= 0.3 is 0 Å². The fourth-order valence-electron chi connectivity index (χ4n) is 4.42. The van der Waals surface area contributed by atoms with Gasteiger partial charge in [-0.15, -0.1) is 0 Å². The van der Waals surface area contributed by atoms with Crippen LogP contribution in [0.5, 0.6) is 5.75 Å². The molecule has 1 nitrogen and oxygen atoms in total. The number of hydrogen-bond acceptors (Lipinski definition) is 1. The fraction of sp³-hybridized carbons (Fsp3) is 0.517. The standard InChI is InChI=1S/C29H38O/c1-3-5-7-8-24-11-17-27(18-12-24)28-19-13-25(14-20-28)9-10-26-15-21-29(22-16-26)30-23-6-4-2/h13-16,19-22,24,27H,3-8,11-12,17-18,23H2,1-2H3. The summed E-state index contributed by atoms with van der Waals surface area (Å²) < 4.78 is 5.72. The molecular formula is C29H38O. The highest BCUT2D eigenvalue weighted by Gasteiger charge is 2.21. The molecular weight excluding hydrogens is 364 g/mol. The van der Waals surface area contributed by atoms with Crippen LogP contribution in [0.4, 0.5) is 0 Å². The van der Waals surface area contributed by atoms with E-state index < -0.39 is 0 Å². The third kappa shape index (κ3) is 7.24. The van der Waals surface area contributed by atoms with Crippen LogP contribution in [-0.2, 0) is 0 Å². The molecule has 30 heavy (non-hydrogen) atoms. The minimum Gasteiger partial charge on any atom is -0.494 e. The minimum atomic E-state index is 0.745. The third-order valence-electron chi connectivity index (χ3n) is 6.42. The Labute approximate surface area is 184 Å². The van der Waals surface area contributed by atoms with E-state index in [0.717, 1.165) is 48.2 Å². The Morgan fingerprint density at radius 3 is 1.93 bits per heavy atom. The van der Waals surface area contributed by atoms with Crippen molar-refractivity contribution in [1.82, 2.24) is 0 Å². The zero-order valence-corrected chi connectivity index (χ0v) is 19.0. The van der Waals surface area contributed by atoms with Gasteiger partial charge in [-0.2, -0.15) is 0 Å². The third-order valence-corrected chi connectivity index (χ3v) is 6.42. The number of rotatable bonds is 9. The molecule has 0 heterocycles. The van der Waals surface area contributed by atoms with E-state index in [9.17, 15) is 0 Å². The average Bonchev–Trinajstić information content (AvgIpc) is 2.80. The molecule has 2 aromatic rings. The van der Waals surface area contributed by atoms with Gasteiger partial charge in [-0.05, 0) is 85.9 Å². The molecule has 0 spiro atoms. The quantitative estimate of drug-likeness (QED) is 0.304. The molecule has 0 atom stereocenters. The lowest BCUT2D eigenvalue weighted by Crippen LogP contribution is -2.13. The molecule has 160 valence electrons. The van der Waals surface area contributed by atoms with E-state index in [1.165, 1.54) is 56.9 Å². The van der Waals surface area contributed by atoms with Crippen molar-refractivity contribution in [2.24, 2.45) is 5.92 Å². The van der Waals surface area contributed by atoms with Gasteiger partial charge < -0.3 is 4.74 Å². The molecule has 0 radical (unpaired) electrons. The Kier molecular flexibility index (Phi) is 9.36. The summed E-state index contributed by atoms with van der Waals surface area (Å²) in [5, 5.41) is 0. The Morgan fingerprint density at radius 1 is 0.733 bits per heavy atom. The van der Waals surface area contributed by atoms with Crippen LogP contribution in [0.25, 0.3) is 0 Å². The zero-order chi connectivity index (χ0) is 21.0. The van der Waals surface area contributed by atoms with E-state index in [1.54, 1.807) is 0 Å². The summed E-state index contributed by atoms with van der Waals surface area (Å²) in [4.78, 5) is 0. The summed E-state index contributed by atoms with van der Waals surface area (Å²) in [7, 11) is 0. The fourth-order valence-corrected chi connectivity index (χ4v) is 4.42. The lowest BCUT2D eigenvalue weighted by Gasteiger charge is -2.29. The summed E-state index contributed by atoms with van der Waals surface area (Å²) in [6.45, 7) is 5.26. The maximum Gasteiger partial charge on any atom is 0.119 e. The predicted molar refractivity (Wildman–Crippen MR) is 128 cm³/mol. The largest absolute Gasteiger partial charge is 0.494 e. The maximum atomic E-state index is 5.72. The molecule has 0 aliphatic heterocycles. The summed E-state index contributed by atoms with van der Waals surface area (Å²) >= 11 is 0. The number of ether oxygens (including phenoxy) is 1. The highest BCUT2D eigenvalue weighted by atomic mass is 16.5. The Morgan fingerprint density at radius 2 is 1.33 bits per heavy atom. The maximum absolute atomic E-state index is 5.72. The van der Waals surface area contributed by atoms with E-state index in [4.69, 9.17) is 4.74 Å². The van der Waals surface area contributed by atoms with Gasteiger partial charge in [-0.1, -0.05) is 69.9 Å². The second-order valence-corrected chi connectivity index (χ2v) is 8.81. The lowest BCUT2D eigenvalue weighted by atomic mass is 9.77. The van der Waals surface area contributed by atoms with Crippen LogP contribution in [-0.4, -0.2) is 6.61 Å². The summed E-state index contributed by atoms with van der Waals surface area (Å²) in [6, 6.07) is 17.1. The molecule has 1 heteroatoms. The van der Waals surface area contributed by atoms with Crippen molar-refractivity contribution in [3.8, 4) is 17.6 Å². The number of hydrogen-bond donors (Lipinski definition) is 0. The van der Waals surface area contributed by atoms with Gasteiger partial charge in [0.1, 0.15) is 5.75 Å². The van der Waals surface area contributed by atoms with Crippen LogP contribution >= 0.6 is 0 Å². The van der Waals surface area contributed by atoms with Crippen LogP contribution in [0.3, 0.4) is 0 Å². The average molecular weight is 403 g/mol. The molecule has 1 saturated carbocycles. The van der Waals surface area contributed by atoms with Crippen LogP contribution in [0.1, 0.15) is 101 Å². The van der Waals surface area contributed by atoms with Crippen molar-refractivity contribution in [1.29, 1.82) is 0 Å². The zero-order valence-electron chi connectivity index (χ0n) is 19.0. The molecule has 0 saturated heterocycles. The predicted octanol–water partition coefficient (Wildman–Crippen LogP) is 8.12. The normalized spacial score (nSPS) is 18.5. The Bertz CT molecular complexity index is 783. The van der Waals surface area contributed by atoms with E-state index in [0.29, 0.717) is 0 Å². The highest BCUT2D eigenvalue weighted by molar-refractivity contribution is 5.45. The van der Waals surface area contributed by atoms with Gasteiger partial charge in [0, 0.05) is 11.1 Å². The molecule has 0 amide bonds. The first-order valence-electron chi connectivity index (χ1n) is 12.1. The first-order chi connectivity index (χ1) is 14.8. The molecule has 1 fully saturated rings. The molecule has 1 aliphatic rings. The topological polar surface area (TPSA) is 9.23 Å². The van der Waals surface area contributed by atoms with Crippen LogP contribution in [0, 0.1) is 17.8 Å². The van der Waals surface area contributed by atoms with E-state index >= 15 is 0 Å². The second kappa shape index (κ2) is 12.5. The van der Waals surface area contributed by atoms with Gasteiger partial charge in [-0.3, -0.25) is 0 Å². The van der Waals surface area contributed by atoms with Crippen molar-refractivity contribution in [3.63, 3.8) is 0 Å². The number of unbranched alkanes of at least 4 members (excludes halogenated alkanes) is 3. The van der Waals surface area contributed by atoms with Gasteiger partial charge in [-0.25, -0.2) is 0 Å². The summed E-state index contributed by atoms with van der Waals surface area (Å²) in [5.41, 5.74) is 3.62. The van der Waals surface area contributed by atoms with E-state index in [2.05, 4.69) is 50.0 Å². The van der Waals surface area contributed by atoms with Crippen molar-refractivity contribution in [3.05, 3.63) is 65.2 Å². The van der Waals surface area contributed by atoms with Gasteiger partial charge in [0.2, 0.25) is 0 Å². The van der Waals surface area contributed by atoms with Gasteiger partial charge in [0.25, 0.3) is 0 Å². The van der Waals surface area contributed by atoms with Gasteiger partial charge in [0.15, 0.2) is 0 Å². The SMILES string of the molecule is CCCCCC1CCC(c2ccc(C#Cc3ccc(OCCCC)cc3)cc2)CC1. The molecule has 0 N–H and O–H groups in total. The Hall–Kier alpha value is -2.20. The smallest absolute Gasteiger partial charge is 0.119 e. The molecule has 0 bridgehead atoms. The van der Waals surface area contributed by atoms with E-state index in [-0.39, 0.29) is 0 Å². The van der Waals surface area contributed by atoms with Crippen LogP contribution in [0.15, 0.2) is 48.5 Å². The monoisotopic (exact) mass is 402 g/mol. The molecule has 0 aromatic heterocycles. The van der Waals surface area contributed by atoms with E-state index in [1.807, 2.05) is 24.3 Å². The Balaban J connectivity index is 1.48. The molecule has 0 unspecified atom stereocenters. The van der Waals surface area contributed by atoms with Crippen LogP contribution < -0.4 is 4.74 Å². The first-order valence-corrected chi connectivity index (χ1v) is 12.1. The van der Waals surface area contributed by atoms with Crippen LogP contribution in [0.2, 0.25) is 0 Å². The second-order valence-electron chi connectivity index (χ2n) is 8.81. The van der Waals surface area contributed by atoms with Crippen molar-refractivity contribution < 1.29 is 4.74 Å². The van der Waals surface area contributed by atoms with Crippen molar-refractivity contribution >= 4 is 0 Å².